The topological polar surface area (TPSA) is 84.5 Å². The minimum atomic E-state index is -0.528. The second kappa shape index (κ2) is 7.48. The Morgan fingerprint density at radius 1 is 1.20 bits per heavy atom. The molecule has 0 aliphatic carbocycles. The molecule has 25 heavy (non-hydrogen) atoms. The number of hydrogen-bond acceptors (Lipinski definition) is 5. The lowest BCUT2D eigenvalue weighted by molar-refractivity contribution is -0.132. The van der Waals surface area contributed by atoms with Crippen LogP contribution in [0.1, 0.15) is 5.56 Å². The number of nitrogens with zero attached hydrogens (tertiary/aromatic N) is 4. The number of hydrogen-bond donors (Lipinski definition) is 1. The first-order chi connectivity index (χ1) is 12.0. The van der Waals surface area contributed by atoms with E-state index in [1.165, 1.54) is 4.68 Å². The van der Waals surface area contributed by atoms with Crippen molar-refractivity contribution in [2.45, 2.75) is 12.5 Å². The largest absolute Gasteiger partial charge is 0.367 e. The number of anilines is 1. The Morgan fingerprint density at radius 3 is 2.52 bits per heavy atom. The van der Waals surface area contributed by atoms with E-state index in [1.54, 1.807) is 24.2 Å². The quantitative estimate of drug-likeness (QED) is 0.846. The first kappa shape index (κ1) is 17.2. The van der Waals surface area contributed by atoms with Gasteiger partial charge in [0, 0.05) is 39.3 Å². The average molecular weight is 341 g/mol. The van der Waals surface area contributed by atoms with Crippen LogP contribution in [0.4, 0.5) is 5.69 Å². The van der Waals surface area contributed by atoms with Crippen molar-refractivity contribution in [2.75, 3.05) is 31.1 Å². The minimum absolute atomic E-state index is 0.0226. The molecule has 7 nitrogen and oxygen atoms in total. The van der Waals surface area contributed by atoms with Crippen molar-refractivity contribution < 1.29 is 4.79 Å². The first-order valence-electron chi connectivity index (χ1n) is 8.41. The summed E-state index contributed by atoms with van der Waals surface area (Å²) in [5.74, 6) is -0.0226. The predicted molar refractivity (Wildman–Crippen MR) is 96.4 cm³/mol. The highest BCUT2D eigenvalue weighted by atomic mass is 16.2. The maximum atomic E-state index is 12.6. The van der Waals surface area contributed by atoms with Gasteiger partial charge in [0.1, 0.15) is 0 Å². The van der Waals surface area contributed by atoms with E-state index in [9.17, 15) is 9.59 Å². The van der Waals surface area contributed by atoms with E-state index < -0.39 is 6.04 Å². The van der Waals surface area contributed by atoms with Crippen LogP contribution in [0.2, 0.25) is 0 Å². The Kier molecular flexibility index (Phi) is 5.14. The average Bonchev–Trinajstić information content (AvgIpc) is 2.64. The van der Waals surface area contributed by atoms with Gasteiger partial charge in [0.2, 0.25) is 5.91 Å². The highest BCUT2D eigenvalue weighted by Crippen LogP contribution is 2.14. The van der Waals surface area contributed by atoms with E-state index in [0.717, 1.165) is 11.3 Å². The van der Waals surface area contributed by atoms with E-state index in [4.69, 9.17) is 5.73 Å². The van der Waals surface area contributed by atoms with E-state index in [-0.39, 0.29) is 11.5 Å². The van der Waals surface area contributed by atoms with Gasteiger partial charge < -0.3 is 15.5 Å². The van der Waals surface area contributed by atoms with Crippen molar-refractivity contribution in [3.05, 3.63) is 58.5 Å². The Labute approximate surface area is 146 Å². The number of aromatic nitrogens is 2. The number of carbonyl (C=O) groups excluding carboxylic acids is 1. The van der Waals surface area contributed by atoms with Gasteiger partial charge in [0.15, 0.2) is 0 Å². The number of nitrogens with two attached hydrogens (primary N) is 1. The third kappa shape index (κ3) is 4.06. The van der Waals surface area contributed by atoms with Crippen LogP contribution in [0.25, 0.3) is 0 Å². The number of piperazine rings is 1. The van der Waals surface area contributed by atoms with Crippen LogP contribution in [-0.4, -0.2) is 52.8 Å². The van der Waals surface area contributed by atoms with E-state index in [2.05, 4.69) is 10.00 Å². The Morgan fingerprint density at radius 2 is 1.88 bits per heavy atom. The van der Waals surface area contributed by atoms with Gasteiger partial charge in [0.25, 0.3) is 5.56 Å². The standard InChI is InChI=1S/C18H23N5O2/c1-21-17(24)12-15(13-20-21)22-7-9-23(10-8-22)18(25)16(19)11-14-5-3-2-4-6-14/h2-6,12-13,16H,7-11,19H2,1H3/t16-/m0/s1. The molecule has 7 heteroatoms. The van der Waals surface area contributed by atoms with Gasteiger partial charge in [-0.3, -0.25) is 9.59 Å². The van der Waals surface area contributed by atoms with Gasteiger partial charge in [-0.1, -0.05) is 30.3 Å². The van der Waals surface area contributed by atoms with Gasteiger partial charge in [-0.05, 0) is 12.0 Å². The molecule has 0 spiro atoms. The molecule has 1 fully saturated rings. The lowest BCUT2D eigenvalue weighted by atomic mass is 10.1. The molecule has 1 aromatic heterocycles. The van der Waals surface area contributed by atoms with E-state index in [1.807, 2.05) is 30.3 Å². The number of benzene rings is 1. The van der Waals surface area contributed by atoms with Crippen LogP contribution in [0.15, 0.2) is 47.4 Å². The van der Waals surface area contributed by atoms with Crippen LogP contribution < -0.4 is 16.2 Å². The summed E-state index contributed by atoms with van der Waals surface area (Å²) in [5.41, 5.74) is 7.82. The second-order valence-corrected chi connectivity index (χ2v) is 6.28. The zero-order valence-electron chi connectivity index (χ0n) is 14.3. The number of carbonyl (C=O) groups is 1. The molecular formula is C18H23N5O2. The van der Waals surface area contributed by atoms with E-state index in [0.29, 0.717) is 32.6 Å². The molecule has 1 aliphatic rings. The van der Waals surface area contributed by atoms with Crippen LogP contribution in [-0.2, 0) is 18.3 Å². The van der Waals surface area contributed by atoms with Gasteiger partial charge >= 0.3 is 0 Å². The van der Waals surface area contributed by atoms with Crippen molar-refractivity contribution in [2.24, 2.45) is 12.8 Å². The fourth-order valence-corrected chi connectivity index (χ4v) is 3.01. The first-order valence-corrected chi connectivity index (χ1v) is 8.41. The van der Waals surface area contributed by atoms with Crippen molar-refractivity contribution in [1.29, 1.82) is 0 Å². The molecule has 1 aromatic carbocycles. The minimum Gasteiger partial charge on any atom is -0.367 e. The van der Waals surface area contributed by atoms with Gasteiger partial charge in [-0.25, -0.2) is 4.68 Å². The van der Waals surface area contributed by atoms with Crippen molar-refractivity contribution in [3.8, 4) is 0 Å². The van der Waals surface area contributed by atoms with Crippen molar-refractivity contribution in [3.63, 3.8) is 0 Å². The molecule has 3 rings (SSSR count). The number of amides is 1. The fourth-order valence-electron chi connectivity index (χ4n) is 3.01. The van der Waals surface area contributed by atoms with Crippen LogP contribution in [0, 0.1) is 0 Å². The van der Waals surface area contributed by atoms with Gasteiger partial charge in [-0.15, -0.1) is 0 Å². The van der Waals surface area contributed by atoms with Crippen LogP contribution in [0.5, 0.6) is 0 Å². The maximum absolute atomic E-state index is 12.6. The summed E-state index contributed by atoms with van der Waals surface area (Å²) < 4.78 is 1.30. The third-order valence-corrected chi connectivity index (χ3v) is 4.53. The second-order valence-electron chi connectivity index (χ2n) is 6.28. The summed E-state index contributed by atoms with van der Waals surface area (Å²) in [6.07, 6.45) is 2.22. The Bertz CT molecular complexity index is 782. The third-order valence-electron chi connectivity index (χ3n) is 4.53. The Balaban J connectivity index is 1.57. The summed E-state index contributed by atoms with van der Waals surface area (Å²) in [7, 11) is 1.62. The molecule has 0 saturated carbocycles. The molecule has 1 amide bonds. The van der Waals surface area contributed by atoms with Crippen molar-refractivity contribution >= 4 is 11.6 Å². The monoisotopic (exact) mass is 341 g/mol. The zero-order valence-corrected chi connectivity index (χ0v) is 14.3. The smallest absolute Gasteiger partial charge is 0.268 e. The molecule has 1 saturated heterocycles. The summed E-state index contributed by atoms with van der Waals surface area (Å²) in [6.45, 7) is 2.52. The lowest BCUT2D eigenvalue weighted by Crippen LogP contribution is -2.53. The van der Waals surface area contributed by atoms with Crippen LogP contribution in [0.3, 0.4) is 0 Å². The molecule has 0 unspecified atom stereocenters. The molecule has 132 valence electrons. The highest BCUT2D eigenvalue weighted by Gasteiger charge is 2.25. The van der Waals surface area contributed by atoms with Gasteiger partial charge in [-0.2, -0.15) is 5.10 Å². The fraction of sp³-hybridized carbons (Fsp3) is 0.389. The molecule has 0 radical (unpaired) electrons. The van der Waals surface area contributed by atoms with Crippen LogP contribution >= 0.6 is 0 Å². The molecule has 2 heterocycles. The normalized spacial score (nSPS) is 15.9. The summed E-state index contributed by atoms with van der Waals surface area (Å²) in [5, 5.41) is 4.05. The molecule has 1 aliphatic heterocycles. The summed E-state index contributed by atoms with van der Waals surface area (Å²) in [6, 6.07) is 10.8. The highest BCUT2D eigenvalue weighted by molar-refractivity contribution is 5.82. The molecule has 2 N–H and O–H groups in total. The van der Waals surface area contributed by atoms with E-state index >= 15 is 0 Å². The number of aryl methyl sites for hydroxylation is 1. The molecule has 0 bridgehead atoms. The summed E-state index contributed by atoms with van der Waals surface area (Å²) >= 11 is 0. The van der Waals surface area contributed by atoms with Gasteiger partial charge in [0.05, 0.1) is 17.9 Å². The zero-order chi connectivity index (χ0) is 17.8. The van der Waals surface area contributed by atoms with Crippen molar-refractivity contribution in [1.82, 2.24) is 14.7 Å². The lowest BCUT2D eigenvalue weighted by Gasteiger charge is -2.36. The molecular weight excluding hydrogens is 318 g/mol. The Hall–Kier alpha value is -2.67. The predicted octanol–water partition coefficient (Wildman–Crippen LogP) is -0.00110. The maximum Gasteiger partial charge on any atom is 0.268 e. The number of rotatable bonds is 4. The molecule has 1 atom stereocenters. The summed E-state index contributed by atoms with van der Waals surface area (Å²) in [4.78, 5) is 28.1. The molecule has 2 aromatic rings. The SMILES string of the molecule is Cn1ncc(N2CCN(C(=O)[C@@H](N)Cc3ccccc3)CC2)cc1=O.